The van der Waals surface area contributed by atoms with E-state index in [1.165, 1.54) is 0 Å². The monoisotopic (exact) mass is 386 g/mol. The lowest BCUT2D eigenvalue weighted by atomic mass is 10.2. The second kappa shape index (κ2) is 6.98. The standard InChI is InChI=1S/C17H26N2O4S2/c1-3-14-4-6-15(7-5-14)25(22,23)17-13-24(20,21)12-16(17)19-10-8-18(2)9-11-19/h4-7,16-17H,3,8-13H2,1-2H3/t16-,17-/m1/s1. The van der Waals surface area contributed by atoms with Crippen LogP contribution in [0, 0.1) is 0 Å². The molecule has 6 nitrogen and oxygen atoms in total. The Balaban J connectivity index is 1.91. The fourth-order valence-electron chi connectivity index (χ4n) is 3.68. The first-order valence-corrected chi connectivity index (χ1v) is 12.1. The lowest BCUT2D eigenvalue weighted by molar-refractivity contribution is 0.122. The van der Waals surface area contributed by atoms with Gasteiger partial charge in [-0.2, -0.15) is 0 Å². The van der Waals surface area contributed by atoms with Gasteiger partial charge in [-0.05, 0) is 31.2 Å². The molecule has 3 rings (SSSR count). The number of piperazine rings is 1. The third kappa shape index (κ3) is 3.92. The molecular formula is C17H26N2O4S2. The Morgan fingerprint density at radius 3 is 2.20 bits per heavy atom. The molecular weight excluding hydrogens is 360 g/mol. The van der Waals surface area contributed by atoms with Gasteiger partial charge in [0.1, 0.15) is 0 Å². The molecule has 0 spiro atoms. The average molecular weight is 387 g/mol. The zero-order valence-corrected chi connectivity index (χ0v) is 16.4. The fourth-order valence-corrected chi connectivity index (χ4v) is 8.51. The van der Waals surface area contributed by atoms with Crippen molar-refractivity contribution < 1.29 is 16.8 Å². The summed E-state index contributed by atoms with van der Waals surface area (Å²) in [4.78, 5) is 4.45. The number of likely N-dealkylation sites (N-methyl/N-ethyl adjacent to an activating group) is 1. The first kappa shape index (κ1) is 18.8. The number of hydrogen-bond donors (Lipinski definition) is 0. The van der Waals surface area contributed by atoms with E-state index in [0.717, 1.165) is 25.1 Å². The molecule has 0 bridgehead atoms. The molecule has 0 aromatic heterocycles. The summed E-state index contributed by atoms with van der Waals surface area (Å²) in [5.74, 6) is -0.338. The van der Waals surface area contributed by atoms with Crippen LogP contribution in [0.5, 0.6) is 0 Å². The lowest BCUT2D eigenvalue weighted by Crippen LogP contribution is -2.54. The lowest BCUT2D eigenvalue weighted by Gasteiger charge is -2.37. The first-order valence-electron chi connectivity index (χ1n) is 8.69. The Morgan fingerprint density at radius 2 is 1.64 bits per heavy atom. The zero-order valence-electron chi connectivity index (χ0n) is 14.8. The van der Waals surface area contributed by atoms with Crippen LogP contribution in [-0.2, 0) is 26.1 Å². The second-order valence-electron chi connectivity index (χ2n) is 7.06. The maximum absolute atomic E-state index is 13.1. The minimum atomic E-state index is -3.68. The van der Waals surface area contributed by atoms with Gasteiger partial charge in [0.25, 0.3) is 0 Å². The van der Waals surface area contributed by atoms with Gasteiger partial charge in [0, 0.05) is 32.2 Å². The van der Waals surface area contributed by atoms with Crippen molar-refractivity contribution in [2.45, 2.75) is 29.5 Å². The van der Waals surface area contributed by atoms with E-state index in [0.29, 0.717) is 13.1 Å². The van der Waals surface area contributed by atoms with Crippen LogP contribution in [0.3, 0.4) is 0 Å². The highest BCUT2D eigenvalue weighted by Gasteiger charge is 2.48. The molecule has 0 radical (unpaired) electrons. The Kier molecular flexibility index (Phi) is 5.26. The summed E-state index contributed by atoms with van der Waals surface area (Å²) in [6, 6.07) is 6.39. The van der Waals surface area contributed by atoms with Crippen molar-refractivity contribution in [2.24, 2.45) is 0 Å². The molecule has 1 aromatic carbocycles. The minimum absolute atomic E-state index is 0.0619. The topological polar surface area (TPSA) is 74.8 Å². The van der Waals surface area contributed by atoms with E-state index in [9.17, 15) is 16.8 Å². The summed E-state index contributed by atoms with van der Waals surface area (Å²) in [6.07, 6.45) is 0.835. The third-order valence-corrected chi connectivity index (χ3v) is 9.47. The van der Waals surface area contributed by atoms with Gasteiger partial charge in [-0.15, -0.1) is 0 Å². The summed E-state index contributed by atoms with van der Waals surface area (Å²) in [7, 11) is -5.01. The molecule has 2 aliphatic heterocycles. The summed E-state index contributed by atoms with van der Waals surface area (Å²) in [5, 5.41) is -0.881. The summed E-state index contributed by atoms with van der Waals surface area (Å²) in [5.41, 5.74) is 1.06. The van der Waals surface area contributed by atoms with Gasteiger partial charge in [-0.1, -0.05) is 19.1 Å². The van der Waals surface area contributed by atoms with Gasteiger partial charge in [-0.25, -0.2) is 16.8 Å². The maximum Gasteiger partial charge on any atom is 0.183 e. The van der Waals surface area contributed by atoms with Crippen molar-refractivity contribution in [1.29, 1.82) is 0 Å². The quantitative estimate of drug-likeness (QED) is 0.747. The molecule has 0 unspecified atom stereocenters. The van der Waals surface area contributed by atoms with Crippen molar-refractivity contribution in [2.75, 3.05) is 44.7 Å². The maximum atomic E-state index is 13.1. The number of benzene rings is 1. The Bertz CT molecular complexity index is 811. The fraction of sp³-hybridized carbons (Fsp3) is 0.647. The van der Waals surface area contributed by atoms with Crippen molar-refractivity contribution in [1.82, 2.24) is 9.80 Å². The van der Waals surface area contributed by atoms with Crippen LogP contribution in [0.4, 0.5) is 0 Å². The van der Waals surface area contributed by atoms with Crippen molar-refractivity contribution in [3.05, 3.63) is 29.8 Å². The molecule has 2 saturated heterocycles. The van der Waals surface area contributed by atoms with Gasteiger partial charge >= 0.3 is 0 Å². The van der Waals surface area contributed by atoms with E-state index in [1.54, 1.807) is 24.3 Å². The number of nitrogens with zero attached hydrogens (tertiary/aromatic N) is 2. The summed E-state index contributed by atoms with van der Waals surface area (Å²) < 4.78 is 50.7. The molecule has 2 fully saturated rings. The SMILES string of the molecule is CCc1ccc(S(=O)(=O)[C@@H]2CS(=O)(=O)C[C@H]2N2CCN(C)CC2)cc1. The molecule has 2 atom stereocenters. The molecule has 140 valence electrons. The van der Waals surface area contributed by atoms with Crippen molar-refractivity contribution >= 4 is 19.7 Å². The van der Waals surface area contributed by atoms with Gasteiger partial charge in [0.05, 0.1) is 21.7 Å². The molecule has 0 amide bonds. The molecule has 25 heavy (non-hydrogen) atoms. The Labute approximate surface area is 150 Å². The van der Waals surface area contributed by atoms with Crippen LogP contribution >= 0.6 is 0 Å². The van der Waals surface area contributed by atoms with Crippen LogP contribution in [-0.4, -0.2) is 82.7 Å². The predicted octanol–water partition coefficient (Wildman–Crippen LogP) is 0.436. The molecule has 0 N–H and O–H groups in total. The minimum Gasteiger partial charge on any atom is -0.304 e. The molecule has 0 saturated carbocycles. The number of sulfone groups is 2. The van der Waals surface area contributed by atoms with Gasteiger partial charge in [-0.3, -0.25) is 4.90 Å². The van der Waals surface area contributed by atoms with Crippen LogP contribution in [0.15, 0.2) is 29.2 Å². The number of aryl methyl sites for hydroxylation is 1. The van der Waals surface area contributed by atoms with Crippen molar-refractivity contribution in [3.63, 3.8) is 0 Å². The highest BCUT2D eigenvalue weighted by Crippen LogP contribution is 2.29. The Morgan fingerprint density at radius 1 is 1.04 bits per heavy atom. The van der Waals surface area contributed by atoms with Gasteiger partial charge < -0.3 is 4.90 Å². The van der Waals surface area contributed by atoms with Crippen molar-refractivity contribution in [3.8, 4) is 0 Å². The van der Waals surface area contributed by atoms with E-state index < -0.39 is 31.0 Å². The number of rotatable bonds is 4. The van der Waals surface area contributed by atoms with Crippen LogP contribution < -0.4 is 0 Å². The molecule has 2 heterocycles. The zero-order chi connectivity index (χ0) is 18.2. The summed E-state index contributed by atoms with van der Waals surface area (Å²) >= 11 is 0. The molecule has 8 heteroatoms. The van der Waals surface area contributed by atoms with E-state index in [-0.39, 0.29) is 16.4 Å². The Hall–Kier alpha value is -0.960. The van der Waals surface area contributed by atoms with E-state index in [2.05, 4.69) is 4.90 Å². The first-order chi connectivity index (χ1) is 11.7. The summed E-state index contributed by atoms with van der Waals surface area (Å²) in [6.45, 7) is 5.08. The van der Waals surface area contributed by atoms with E-state index in [4.69, 9.17) is 0 Å². The van der Waals surface area contributed by atoms with Crippen LogP contribution in [0.25, 0.3) is 0 Å². The van der Waals surface area contributed by atoms with Crippen LogP contribution in [0.2, 0.25) is 0 Å². The largest absolute Gasteiger partial charge is 0.304 e. The number of hydrogen-bond acceptors (Lipinski definition) is 6. The van der Waals surface area contributed by atoms with E-state index in [1.807, 2.05) is 18.9 Å². The second-order valence-corrected chi connectivity index (χ2v) is 11.4. The molecule has 2 aliphatic rings. The predicted molar refractivity (Wildman–Crippen MR) is 98.3 cm³/mol. The third-order valence-electron chi connectivity index (χ3n) is 5.34. The molecule has 1 aromatic rings. The van der Waals surface area contributed by atoms with E-state index >= 15 is 0 Å². The normalized spacial score (nSPS) is 28.2. The van der Waals surface area contributed by atoms with Gasteiger partial charge in [0.2, 0.25) is 0 Å². The molecule has 0 aliphatic carbocycles. The highest BCUT2D eigenvalue weighted by atomic mass is 32.2. The smallest absolute Gasteiger partial charge is 0.183 e. The van der Waals surface area contributed by atoms with Crippen LogP contribution in [0.1, 0.15) is 12.5 Å². The van der Waals surface area contributed by atoms with Gasteiger partial charge in [0.15, 0.2) is 19.7 Å². The average Bonchev–Trinajstić information content (AvgIpc) is 2.92. The highest BCUT2D eigenvalue weighted by molar-refractivity contribution is 7.96.